The summed E-state index contributed by atoms with van der Waals surface area (Å²) in [5.74, 6) is -3.18. The van der Waals surface area contributed by atoms with E-state index in [1.165, 1.54) is 6.92 Å². The number of nitrogens with one attached hydrogen (secondary N) is 3. The lowest BCUT2D eigenvalue weighted by molar-refractivity contribution is -0.143. The van der Waals surface area contributed by atoms with E-state index in [1.54, 1.807) is 38.1 Å². The largest absolute Gasteiger partial charge is 0.480 e. The Morgan fingerprint density at radius 2 is 1.55 bits per heavy atom. The van der Waals surface area contributed by atoms with Gasteiger partial charge in [0.15, 0.2) is 0 Å². The van der Waals surface area contributed by atoms with E-state index in [0.717, 1.165) is 12.0 Å². The van der Waals surface area contributed by atoms with E-state index >= 15 is 0 Å². The number of carboxylic acid groups (broad SMARTS) is 1. The summed E-state index contributed by atoms with van der Waals surface area (Å²) in [7, 11) is 0. The molecule has 0 aliphatic rings. The van der Waals surface area contributed by atoms with Crippen LogP contribution in [0.4, 0.5) is 0 Å². The van der Waals surface area contributed by atoms with Gasteiger partial charge in [-0.3, -0.25) is 14.4 Å². The number of amides is 3. The molecule has 0 bridgehead atoms. The quantitative estimate of drug-likeness (QED) is 0.209. The van der Waals surface area contributed by atoms with Crippen LogP contribution in [-0.4, -0.2) is 59.5 Å². The molecule has 0 spiro atoms. The van der Waals surface area contributed by atoms with E-state index in [2.05, 4.69) is 16.0 Å². The maximum Gasteiger partial charge on any atom is 0.326 e. The number of hydrogen-bond donors (Lipinski definition) is 6. The van der Waals surface area contributed by atoms with Gasteiger partial charge in [-0.15, -0.1) is 0 Å². The van der Waals surface area contributed by atoms with E-state index in [0.29, 0.717) is 19.4 Å². The van der Waals surface area contributed by atoms with Gasteiger partial charge in [0.05, 0.1) is 6.04 Å². The second-order valence-electron chi connectivity index (χ2n) is 8.44. The first-order valence-corrected chi connectivity index (χ1v) is 11.2. The monoisotopic (exact) mass is 463 g/mol. The zero-order chi connectivity index (χ0) is 25.0. The molecule has 8 N–H and O–H groups in total. The number of hydrogen-bond acceptors (Lipinski definition) is 6. The number of nitrogens with two attached hydrogens (primary N) is 2. The van der Waals surface area contributed by atoms with Crippen LogP contribution in [0.3, 0.4) is 0 Å². The van der Waals surface area contributed by atoms with Crippen molar-refractivity contribution in [3.05, 3.63) is 35.9 Å². The maximum atomic E-state index is 12.9. The minimum absolute atomic E-state index is 0.155. The number of unbranched alkanes of at least 4 members (excludes halogenated alkanes) is 1. The Bertz CT molecular complexity index is 787. The second-order valence-corrected chi connectivity index (χ2v) is 8.44. The number of carbonyl (C=O) groups is 4. The highest BCUT2D eigenvalue weighted by atomic mass is 16.4. The molecule has 10 nitrogen and oxygen atoms in total. The summed E-state index contributed by atoms with van der Waals surface area (Å²) >= 11 is 0. The SMILES string of the molecule is CC(NC(=O)C(N)CCCCN)C(=O)NC(Cc1ccccc1)C(=O)NC(C(=O)O)C(C)C. The third-order valence-electron chi connectivity index (χ3n) is 5.20. The Morgan fingerprint density at radius 1 is 0.909 bits per heavy atom. The lowest BCUT2D eigenvalue weighted by Gasteiger charge is -2.25. The Labute approximate surface area is 194 Å². The van der Waals surface area contributed by atoms with Crippen molar-refractivity contribution in [1.82, 2.24) is 16.0 Å². The van der Waals surface area contributed by atoms with Crippen molar-refractivity contribution in [3.63, 3.8) is 0 Å². The van der Waals surface area contributed by atoms with Crippen LogP contribution < -0.4 is 27.4 Å². The smallest absolute Gasteiger partial charge is 0.326 e. The first-order valence-electron chi connectivity index (χ1n) is 11.2. The molecule has 1 aromatic carbocycles. The summed E-state index contributed by atoms with van der Waals surface area (Å²) in [6, 6.07) is 5.19. The maximum absolute atomic E-state index is 12.9. The first-order chi connectivity index (χ1) is 15.6. The summed E-state index contributed by atoms with van der Waals surface area (Å²) in [6.45, 7) is 5.36. The number of rotatable bonds is 14. The predicted octanol–water partition coefficient (Wildman–Crippen LogP) is -0.0997. The number of aliphatic carboxylic acids is 1. The molecular formula is C23H37N5O5. The first kappa shape index (κ1) is 28.1. The number of benzene rings is 1. The second kappa shape index (κ2) is 14.2. The molecule has 10 heteroatoms. The van der Waals surface area contributed by atoms with E-state index in [-0.39, 0.29) is 12.3 Å². The molecule has 0 fully saturated rings. The summed E-state index contributed by atoms with van der Waals surface area (Å²) in [5.41, 5.74) is 12.1. The fourth-order valence-corrected chi connectivity index (χ4v) is 3.15. The standard InChI is InChI=1S/C23H37N5O5/c1-14(2)19(23(32)33)28-22(31)18(13-16-9-5-4-6-10-16)27-20(29)15(3)26-21(30)17(25)11-7-8-12-24/h4-6,9-10,14-15,17-19H,7-8,11-13,24-25H2,1-3H3,(H,26,30)(H,27,29)(H,28,31)(H,32,33). The van der Waals surface area contributed by atoms with Crippen molar-refractivity contribution in [3.8, 4) is 0 Å². The van der Waals surface area contributed by atoms with E-state index in [9.17, 15) is 24.3 Å². The predicted molar refractivity (Wildman–Crippen MR) is 125 cm³/mol. The molecule has 1 aromatic rings. The average molecular weight is 464 g/mol. The van der Waals surface area contributed by atoms with Crippen LogP contribution in [0.1, 0.15) is 45.6 Å². The molecule has 0 aromatic heterocycles. The number of carboxylic acids is 1. The molecular weight excluding hydrogens is 426 g/mol. The zero-order valence-electron chi connectivity index (χ0n) is 19.5. The molecule has 184 valence electrons. The summed E-state index contributed by atoms with van der Waals surface area (Å²) in [6.07, 6.45) is 2.05. The van der Waals surface area contributed by atoms with Crippen LogP contribution in [0.15, 0.2) is 30.3 Å². The Morgan fingerprint density at radius 3 is 2.09 bits per heavy atom. The number of carbonyl (C=O) groups excluding carboxylic acids is 3. The molecule has 0 heterocycles. The fourth-order valence-electron chi connectivity index (χ4n) is 3.15. The van der Waals surface area contributed by atoms with Crippen molar-refractivity contribution < 1.29 is 24.3 Å². The lowest BCUT2D eigenvalue weighted by Crippen LogP contribution is -2.57. The molecule has 4 unspecified atom stereocenters. The summed E-state index contributed by atoms with van der Waals surface area (Å²) in [5, 5.41) is 17.1. The molecule has 0 saturated carbocycles. The third-order valence-corrected chi connectivity index (χ3v) is 5.20. The third kappa shape index (κ3) is 10.0. The van der Waals surface area contributed by atoms with Crippen LogP contribution in [0.25, 0.3) is 0 Å². The van der Waals surface area contributed by atoms with Gasteiger partial charge >= 0.3 is 5.97 Å². The van der Waals surface area contributed by atoms with E-state index < -0.39 is 47.9 Å². The van der Waals surface area contributed by atoms with Gasteiger partial charge in [-0.2, -0.15) is 0 Å². The van der Waals surface area contributed by atoms with E-state index in [4.69, 9.17) is 11.5 Å². The fraction of sp³-hybridized carbons (Fsp3) is 0.565. The van der Waals surface area contributed by atoms with Gasteiger partial charge in [-0.1, -0.05) is 50.6 Å². The molecule has 0 radical (unpaired) electrons. The summed E-state index contributed by atoms with van der Waals surface area (Å²) < 4.78 is 0. The van der Waals surface area contributed by atoms with Crippen molar-refractivity contribution in [2.45, 2.75) is 70.6 Å². The van der Waals surface area contributed by atoms with Crippen LogP contribution in [0.2, 0.25) is 0 Å². The van der Waals surface area contributed by atoms with Crippen LogP contribution >= 0.6 is 0 Å². The molecule has 3 amide bonds. The molecule has 0 saturated heterocycles. The molecule has 0 aliphatic carbocycles. The molecule has 33 heavy (non-hydrogen) atoms. The van der Waals surface area contributed by atoms with Crippen LogP contribution in [0.5, 0.6) is 0 Å². The lowest BCUT2D eigenvalue weighted by atomic mass is 10.0. The van der Waals surface area contributed by atoms with Gasteiger partial charge in [0.1, 0.15) is 18.1 Å². The Hall–Kier alpha value is -2.98. The zero-order valence-corrected chi connectivity index (χ0v) is 19.5. The van der Waals surface area contributed by atoms with Gasteiger partial charge < -0.3 is 32.5 Å². The van der Waals surface area contributed by atoms with E-state index in [1.807, 2.05) is 6.07 Å². The van der Waals surface area contributed by atoms with Crippen molar-refractivity contribution >= 4 is 23.7 Å². The Balaban J connectivity index is 2.86. The van der Waals surface area contributed by atoms with Crippen LogP contribution in [-0.2, 0) is 25.6 Å². The van der Waals surface area contributed by atoms with Crippen molar-refractivity contribution in [2.24, 2.45) is 17.4 Å². The highest BCUT2D eigenvalue weighted by Gasteiger charge is 2.30. The van der Waals surface area contributed by atoms with Gasteiger partial charge in [0, 0.05) is 6.42 Å². The minimum Gasteiger partial charge on any atom is -0.480 e. The van der Waals surface area contributed by atoms with Gasteiger partial charge in [0.25, 0.3) is 0 Å². The minimum atomic E-state index is -1.16. The topological polar surface area (TPSA) is 177 Å². The van der Waals surface area contributed by atoms with Crippen molar-refractivity contribution in [1.29, 1.82) is 0 Å². The normalized spacial score (nSPS) is 14.6. The molecule has 0 aliphatic heterocycles. The molecule has 4 atom stereocenters. The van der Waals surface area contributed by atoms with Crippen molar-refractivity contribution in [2.75, 3.05) is 6.54 Å². The highest BCUT2D eigenvalue weighted by Crippen LogP contribution is 2.07. The van der Waals surface area contributed by atoms with Crippen LogP contribution in [0, 0.1) is 5.92 Å². The van der Waals surface area contributed by atoms with Gasteiger partial charge in [-0.05, 0) is 37.8 Å². The van der Waals surface area contributed by atoms with Gasteiger partial charge in [-0.25, -0.2) is 4.79 Å². The average Bonchev–Trinajstić information content (AvgIpc) is 2.76. The highest BCUT2D eigenvalue weighted by molar-refractivity contribution is 5.94. The molecule has 1 rings (SSSR count). The Kier molecular flexibility index (Phi) is 12.1. The summed E-state index contributed by atoms with van der Waals surface area (Å²) in [4.78, 5) is 49.4. The van der Waals surface area contributed by atoms with Gasteiger partial charge in [0.2, 0.25) is 17.7 Å².